The molecule has 0 aromatic carbocycles. The van der Waals surface area contributed by atoms with Gasteiger partial charge in [0.25, 0.3) is 0 Å². The molecule has 0 unspecified atom stereocenters. The Morgan fingerprint density at radius 1 is 1.50 bits per heavy atom. The number of nitrogens with zero attached hydrogens (tertiary/aromatic N) is 1. The minimum Gasteiger partial charge on any atom is -0.393 e. The second kappa shape index (κ2) is 5.45. The molecular formula is C12H24N2O2. The summed E-state index contributed by atoms with van der Waals surface area (Å²) < 4.78 is 5.95. The highest BCUT2D eigenvalue weighted by Crippen LogP contribution is 2.33. The van der Waals surface area contributed by atoms with Crippen LogP contribution in [0.1, 0.15) is 32.1 Å². The molecule has 0 aromatic heterocycles. The predicted molar refractivity (Wildman–Crippen MR) is 63.3 cm³/mol. The lowest BCUT2D eigenvalue weighted by molar-refractivity contribution is -0.146. The molecule has 2 aliphatic rings. The van der Waals surface area contributed by atoms with Crippen molar-refractivity contribution in [3.05, 3.63) is 0 Å². The van der Waals surface area contributed by atoms with Gasteiger partial charge in [0, 0.05) is 19.6 Å². The molecule has 2 heterocycles. The van der Waals surface area contributed by atoms with E-state index in [1.165, 1.54) is 6.42 Å². The number of ether oxygens (including phenoxy) is 1. The summed E-state index contributed by atoms with van der Waals surface area (Å²) in [5.74, 6) is 0. The molecule has 1 spiro atoms. The fraction of sp³-hybridized carbons (Fsp3) is 1.00. The molecule has 2 atom stereocenters. The number of piperidine rings is 1. The molecule has 94 valence electrons. The molecule has 2 rings (SSSR count). The van der Waals surface area contributed by atoms with Crippen molar-refractivity contribution in [3.8, 4) is 0 Å². The summed E-state index contributed by atoms with van der Waals surface area (Å²) >= 11 is 0. The quantitative estimate of drug-likeness (QED) is 0.731. The molecule has 0 aliphatic carbocycles. The van der Waals surface area contributed by atoms with Gasteiger partial charge in [0.15, 0.2) is 0 Å². The van der Waals surface area contributed by atoms with Crippen molar-refractivity contribution in [2.75, 3.05) is 32.8 Å². The first-order chi connectivity index (χ1) is 7.74. The van der Waals surface area contributed by atoms with Crippen molar-refractivity contribution in [1.82, 2.24) is 4.90 Å². The van der Waals surface area contributed by atoms with E-state index >= 15 is 0 Å². The summed E-state index contributed by atoms with van der Waals surface area (Å²) in [6.45, 7) is 4.67. The van der Waals surface area contributed by atoms with Crippen molar-refractivity contribution in [2.24, 2.45) is 5.73 Å². The van der Waals surface area contributed by atoms with Crippen molar-refractivity contribution in [1.29, 1.82) is 0 Å². The van der Waals surface area contributed by atoms with Gasteiger partial charge in [-0.15, -0.1) is 0 Å². The number of aliphatic hydroxyl groups excluding tert-OH is 1. The van der Waals surface area contributed by atoms with Crippen LogP contribution in [-0.2, 0) is 4.74 Å². The Balaban J connectivity index is 1.89. The Morgan fingerprint density at radius 2 is 2.38 bits per heavy atom. The average molecular weight is 228 g/mol. The molecule has 2 saturated heterocycles. The van der Waals surface area contributed by atoms with Crippen LogP contribution in [0, 0.1) is 0 Å². The second-order valence-electron chi connectivity index (χ2n) is 5.20. The molecule has 2 fully saturated rings. The van der Waals surface area contributed by atoms with E-state index in [1.807, 2.05) is 0 Å². The highest BCUT2D eigenvalue weighted by atomic mass is 16.5. The SMILES string of the molecule is NCCCN1CCC[C@]2(C[C@H](O)CCO2)C1. The monoisotopic (exact) mass is 228 g/mol. The topological polar surface area (TPSA) is 58.7 Å². The smallest absolute Gasteiger partial charge is 0.0833 e. The summed E-state index contributed by atoms with van der Waals surface area (Å²) in [4.78, 5) is 2.44. The zero-order valence-electron chi connectivity index (χ0n) is 10.0. The lowest BCUT2D eigenvalue weighted by Gasteiger charge is -2.46. The third-order valence-electron chi connectivity index (χ3n) is 3.76. The van der Waals surface area contributed by atoms with Gasteiger partial charge in [0.1, 0.15) is 0 Å². The van der Waals surface area contributed by atoms with Gasteiger partial charge >= 0.3 is 0 Å². The summed E-state index contributed by atoms with van der Waals surface area (Å²) in [6, 6.07) is 0. The van der Waals surface area contributed by atoms with E-state index in [2.05, 4.69) is 4.90 Å². The maximum Gasteiger partial charge on any atom is 0.0833 e. The van der Waals surface area contributed by atoms with E-state index in [0.29, 0.717) is 6.61 Å². The van der Waals surface area contributed by atoms with Crippen LogP contribution in [-0.4, -0.2) is 54.5 Å². The van der Waals surface area contributed by atoms with Crippen molar-refractivity contribution in [3.63, 3.8) is 0 Å². The standard InChI is InChI=1S/C12H24N2O2/c13-5-2-7-14-6-1-4-12(10-14)9-11(15)3-8-16-12/h11,15H,1-10,13H2/t11-,12+/m1/s1. The summed E-state index contributed by atoms with van der Waals surface area (Å²) in [7, 11) is 0. The predicted octanol–water partition coefficient (Wildman–Crippen LogP) is 0.341. The zero-order chi connectivity index (χ0) is 11.4. The van der Waals surface area contributed by atoms with E-state index in [1.54, 1.807) is 0 Å². The van der Waals surface area contributed by atoms with E-state index in [9.17, 15) is 5.11 Å². The maximum absolute atomic E-state index is 9.77. The minimum absolute atomic E-state index is 0.0650. The zero-order valence-corrected chi connectivity index (χ0v) is 10.0. The Kier molecular flexibility index (Phi) is 4.19. The van der Waals surface area contributed by atoms with Crippen LogP contribution in [0.3, 0.4) is 0 Å². The molecular weight excluding hydrogens is 204 g/mol. The van der Waals surface area contributed by atoms with Gasteiger partial charge in [-0.3, -0.25) is 0 Å². The lowest BCUT2D eigenvalue weighted by atomic mass is 9.84. The first-order valence-electron chi connectivity index (χ1n) is 6.49. The molecule has 0 saturated carbocycles. The van der Waals surface area contributed by atoms with Crippen LogP contribution in [0.25, 0.3) is 0 Å². The molecule has 0 radical (unpaired) electrons. The van der Waals surface area contributed by atoms with Gasteiger partial charge in [0.05, 0.1) is 11.7 Å². The van der Waals surface area contributed by atoms with Gasteiger partial charge < -0.3 is 20.5 Å². The molecule has 0 amide bonds. The first-order valence-corrected chi connectivity index (χ1v) is 6.49. The van der Waals surface area contributed by atoms with Crippen LogP contribution in [0.4, 0.5) is 0 Å². The van der Waals surface area contributed by atoms with E-state index in [0.717, 1.165) is 51.9 Å². The van der Waals surface area contributed by atoms with Crippen molar-refractivity contribution >= 4 is 0 Å². The third-order valence-corrected chi connectivity index (χ3v) is 3.76. The summed E-state index contributed by atoms with van der Waals surface area (Å²) in [6.07, 6.45) is 4.78. The van der Waals surface area contributed by atoms with Crippen molar-refractivity contribution in [2.45, 2.75) is 43.8 Å². The summed E-state index contributed by atoms with van der Waals surface area (Å²) in [5.41, 5.74) is 5.47. The number of rotatable bonds is 3. The Labute approximate surface area is 97.7 Å². The number of likely N-dealkylation sites (tertiary alicyclic amines) is 1. The van der Waals surface area contributed by atoms with Gasteiger partial charge in [-0.05, 0) is 45.3 Å². The molecule has 4 heteroatoms. The first kappa shape index (κ1) is 12.3. The maximum atomic E-state index is 9.77. The van der Waals surface area contributed by atoms with Gasteiger partial charge in [0.2, 0.25) is 0 Å². The van der Waals surface area contributed by atoms with E-state index in [4.69, 9.17) is 10.5 Å². The number of hydrogen-bond donors (Lipinski definition) is 2. The molecule has 0 aromatic rings. The molecule has 4 nitrogen and oxygen atoms in total. The minimum atomic E-state index is -0.164. The van der Waals surface area contributed by atoms with E-state index in [-0.39, 0.29) is 11.7 Å². The van der Waals surface area contributed by atoms with Crippen LogP contribution < -0.4 is 5.73 Å². The second-order valence-corrected chi connectivity index (χ2v) is 5.20. The Morgan fingerprint density at radius 3 is 3.12 bits per heavy atom. The largest absolute Gasteiger partial charge is 0.393 e. The van der Waals surface area contributed by atoms with Crippen LogP contribution in [0.15, 0.2) is 0 Å². The molecule has 16 heavy (non-hydrogen) atoms. The van der Waals surface area contributed by atoms with Gasteiger partial charge in [-0.1, -0.05) is 0 Å². The average Bonchev–Trinajstić information content (AvgIpc) is 2.26. The van der Waals surface area contributed by atoms with Gasteiger partial charge in [-0.25, -0.2) is 0 Å². The van der Waals surface area contributed by atoms with Crippen LogP contribution >= 0.6 is 0 Å². The van der Waals surface area contributed by atoms with E-state index < -0.39 is 0 Å². The van der Waals surface area contributed by atoms with Crippen LogP contribution in [0.5, 0.6) is 0 Å². The number of aliphatic hydroxyl groups is 1. The third kappa shape index (κ3) is 2.94. The fourth-order valence-corrected chi connectivity index (χ4v) is 2.98. The highest BCUT2D eigenvalue weighted by molar-refractivity contribution is 4.93. The van der Waals surface area contributed by atoms with Crippen molar-refractivity contribution < 1.29 is 9.84 Å². The Bertz CT molecular complexity index is 221. The number of nitrogens with two attached hydrogens (primary N) is 1. The summed E-state index contributed by atoms with van der Waals surface area (Å²) in [5, 5.41) is 9.77. The lowest BCUT2D eigenvalue weighted by Crippen LogP contribution is -2.54. The molecule has 2 aliphatic heterocycles. The van der Waals surface area contributed by atoms with Crippen LogP contribution in [0.2, 0.25) is 0 Å². The normalized spacial score (nSPS) is 36.8. The Hall–Kier alpha value is -0.160. The van der Waals surface area contributed by atoms with Gasteiger partial charge in [-0.2, -0.15) is 0 Å². The molecule has 0 bridgehead atoms. The fourth-order valence-electron chi connectivity index (χ4n) is 2.98. The number of hydrogen-bond acceptors (Lipinski definition) is 4. The highest BCUT2D eigenvalue weighted by Gasteiger charge is 2.40. The molecule has 3 N–H and O–H groups in total.